The van der Waals surface area contributed by atoms with Gasteiger partial charge in [0.15, 0.2) is 11.5 Å². The number of carboxylic acid groups (broad SMARTS) is 1. The summed E-state index contributed by atoms with van der Waals surface area (Å²) in [6.07, 6.45) is 5.35. The lowest BCUT2D eigenvalue weighted by Gasteiger charge is -2.35. The van der Waals surface area contributed by atoms with Crippen molar-refractivity contribution >= 4 is 17.4 Å². The molecule has 2 fully saturated rings. The molecule has 0 amide bonds. The molecule has 2 saturated heterocycles. The number of aromatic carboxylic acids is 1. The molecule has 2 aliphatic rings. The largest absolute Gasteiger partial charge is 0.477 e. The molecule has 2 unspecified atom stereocenters. The SMILES string of the molecule is O=C(O)c1c(N2C3CCC2COC3)nn2cccnc12. The third kappa shape index (κ3) is 1.53. The number of nitrogens with zero attached hydrogens (tertiary/aromatic N) is 4. The maximum absolute atomic E-state index is 11.6. The number of ether oxygens (including phenoxy) is 1. The zero-order valence-electron chi connectivity index (χ0n) is 10.8. The van der Waals surface area contributed by atoms with Gasteiger partial charge in [-0.1, -0.05) is 0 Å². The number of anilines is 1. The fraction of sp³-hybridized carbons (Fsp3) is 0.462. The maximum Gasteiger partial charge on any atom is 0.343 e. The number of carboxylic acids is 1. The van der Waals surface area contributed by atoms with E-state index in [0.29, 0.717) is 24.7 Å². The Morgan fingerprint density at radius 3 is 2.80 bits per heavy atom. The Kier molecular flexibility index (Phi) is 2.43. The topological polar surface area (TPSA) is 80.0 Å². The molecule has 20 heavy (non-hydrogen) atoms. The van der Waals surface area contributed by atoms with E-state index >= 15 is 0 Å². The first-order chi connectivity index (χ1) is 9.75. The minimum atomic E-state index is -0.986. The van der Waals surface area contributed by atoms with Gasteiger partial charge < -0.3 is 14.7 Å². The Morgan fingerprint density at radius 2 is 2.10 bits per heavy atom. The van der Waals surface area contributed by atoms with Crippen LogP contribution in [-0.2, 0) is 4.74 Å². The number of carbonyl (C=O) groups is 1. The first kappa shape index (κ1) is 11.7. The number of fused-ring (bicyclic) bond motifs is 3. The Balaban J connectivity index is 1.91. The second-order valence-electron chi connectivity index (χ2n) is 5.22. The maximum atomic E-state index is 11.6. The number of hydrogen-bond acceptors (Lipinski definition) is 5. The first-order valence-electron chi connectivity index (χ1n) is 6.68. The van der Waals surface area contributed by atoms with Crippen LogP contribution in [0.5, 0.6) is 0 Å². The molecule has 0 aromatic carbocycles. The van der Waals surface area contributed by atoms with Gasteiger partial charge in [0.1, 0.15) is 5.56 Å². The summed E-state index contributed by atoms with van der Waals surface area (Å²) in [5.74, 6) is -0.466. The van der Waals surface area contributed by atoms with E-state index in [-0.39, 0.29) is 17.6 Å². The van der Waals surface area contributed by atoms with Crippen LogP contribution in [0.2, 0.25) is 0 Å². The van der Waals surface area contributed by atoms with E-state index in [1.807, 2.05) is 0 Å². The molecule has 1 N–H and O–H groups in total. The summed E-state index contributed by atoms with van der Waals surface area (Å²) in [5, 5.41) is 14.0. The predicted octanol–water partition coefficient (Wildman–Crippen LogP) is 0.795. The fourth-order valence-corrected chi connectivity index (χ4v) is 3.22. The normalized spacial score (nSPS) is 25.3. The van der Waals surface area contributed by atoms with Crippen LogP contribution in [0, 0.1) is 0 Å². The first-order valence-corrected chi connectivity index (χ1v) is 6.68. The van der Waals surface area contributed by atoms with Gasteiger partial charge >= 0.3 is 5.97 Å². The molecule has 7 nitrogen and oxygen atoms in total. The van der Waals surface area contributed by atoms with Crippen molar-refractivity contribution in [3.05, 3.63) is 24.0 Å². The van der Waals surface area contributed by atoms with Crippen LogP contribution in [-0.4, -0.2) is 51.0 Å². The molecule has 2 aromatic heterocycles. The smallest absolute Gasteiger partial charge is 0.343 e. The molecule has 2 aromatic rings. The molecular weight excluding hydrogens is 260 g/mol. The van der Waals surface area contributed by atoms with Crippen molar-refractivity contribution in [3.8, 4) is 0 Å². The summed E-state index contributed by atoms with van der Waals surface area (Å²) in [6.45, 7) is 1.27. The lowest BCUT2D eigenvalue weighted by molar-refractivity contribution is 0.0695. The van der Waals surface area contributed by atoms with Crippen LogP contribution in [0.25, 0.3) is 5.65 Å². The van der Waals surface area contributed by atoms with E-state index < -0.39 is 5.97 Å². The standard InChI is InChI=1S/C13H14N4O3/c18-13(19)10-11-14-4-1-5-16(11)15-12(10)17-8-2-3-9(17)7-20-6-8/h1,4-5,8-9H,2-3,6-7H2,(H,18,19). The Morgan fingerprint density at radius 1 is 1.35 bits per heavy atom. The second-order valence-corrected chi connectivity index (χ2v) is 5.22. The third-order valence-electron chi connectivity index (χ3n) is 4.08. The van der Waals surface area contributed by atoms with Crippen molar-refractivity contribution in [1.82, 2.24) is 14.6 Å². The van der Waals surface area contributed by atoms with E-state index in [1.165, 1.54) is 4.52 Å². The Labute approximate surface area is 114 Å². The molecule has 0 saturated carbocycles. The minimum absolute atomic E-state index is 0.185. The average molecular weight is 274 g/mol. The van der Waals surface area contributed by atoms with Gasteiger partial charge in [-0.3, -0.25) is 0 Å². The lowest BCUT2D eigenvalue weighted by atomic mass is 10.2. The number of aromatic nitrogens is 3. The number of morpholine rings is 1. The van der Waals surface area contributed by atoms with Gasteiger partial charge in [0.05, 0.1) is 25.3 Å². The van der Waals surface area contributed by atoms with Crippen molar-refractivity contribution in [3.63, 3.8) is 0 Å². The van der Waals surface area contributed by atoms with Gasteiger partial charge in [0.2, 0.25) is 0 Å². The van der Waals surface area contributed by atoms with E-state index in [2.05, 4.69) is 15.0 Å². The Hall–Kier alpha value is -2.15. The molecule has 4 rings (SSSR count). The van der Waals surface area contributed by atoms with Gasteiger partial charge in [-0.05, 0) is 18.9 Å². The highest BCUT2D eigenvalue weighted by atomic mass is 16.5. The van der Waals surface area contributed by atoms with Gasteiger partial charge in [0, 0.05) is 12.4 Å². The molecule has 2 atom stereocenters. The summed E-state index contributed by atoms with van der Waals surface area (Å²) < 4.78 is 7.08. The van der Waals surface area contributed by atoms with E-state index in [9.17, 15) is 9.90 Å². The molecule has 0 aliphatic carbocycles. The van der Waals surface area contributed by atoms with Crippen LogP contribution in [0.15, 0.2) is 18.5 Å². The fourth-order valence-electron chi connectivity index (χ4n) is 3.22. The molecular formula is C13H14N4O3. The summed E-state index contributed by atoms with van der Waals surface area (Å²) in [5.41, 5.74) is 0.574. The van der Waals surface area contributed by atoms with Gasteiger partial charge in [-0.2, -0.15) is 0 Å². The van der Waals surface area contributed by atoms with Crippen molar-refractivity contribution in [2.45, 2.75) is 24.9 Å². The number of hydrogen-bond donors (Lipinski definition) is 1. The molecule has 0 spiro atoms. The average Bonchev–Trinajstić information content (AvgIpc) is 2.93. The summed E-state index contributed by atoms with van der Waals surface area (Å²) in [6, 6.07) is 2.18. The van der Waals surface area contributed by atoms with Crippen LogP contribution in [0.4, 0.5) is 5.82 Å². The van der Waals surface area contributed by atoms with Crippen molar-refractivity contribution in [1.29, 1.82) is 0 Å². The zero-order chi connectivity index (χ0) is 13.7. The van der Waals surface area contributed by atoms with Crippen LogP contribution >= 0.6 is 0 Å². The molecule has 2 aliphatic heterocycles. The molecule has 7 heteroatoms. The van der Waals surface area contributed by atoms with Crippen molar-refractivity contribution in [2.75, 3.05) is 18.1 Å². The predicted molar refractivity (Wildman–Crippen MR) is 70.1 cm³/mol. The van der Waals surface area contributed by atoms with E-state index in [0.717, 1.165) is 12.8 Å². The number of rotatable bonds is 2. The summed E-state index contributed by atoms with van der Waals surface area (Å²) in [4.78, 5) is 17.9. The van der Waals surface area contributed by atoms with Gasteiger partial charge in [-0.15, -0.1) is 5.10 Å². The second kappa shape index (κ2) is 4.17. The van der Waals surface area contributed by atoms with Crippen molar-refractivity contribution in [2.24, 2.45) is 0 Å². The highest BCUT2D eigenvalue weighted by Gasteiger charge is 2.41. The van der Waals surface area contributed by atoms with Crippen LogP contribution in [0.1, 0.15) is 23.2 Å². The Bertz CT molecular complexity index is 667. The van der Waals surface area contributed by atoms with Gasteiger partial charge in [0.25, 0.3) is 0 Å². The molecule has 0 radical (unpaired) electrons. The minimum Gasteiger partial charge on any atom is -0.477 e. The molecule has 2 bridgehead atoms. The highest BCUT2D eigenvalue weighted by Crippen LogP contribution is 2.35. The molecule has 4 heterocycles. The van der Waals surface area contributed by atoms with E-state index in [4.69, 9.17) is 4.74 Å². The van der Waals surface area contributed by atoms with Gasteiger partial charge in [-0.25, -0.2) is 14.3 Å². The molecule has 104 valence electrons. The summed E-state index contributed by atoms with van der Waals surface area (Å²) >= 11 is 0. The monoisotopic (exact) mass is 274 g/mol. The van der Waals surface area contributed by atoms with Crippen LogP contribution in [0.3, 0.4) is 0 Å². The third-order valence-corrected chi connectivity index (χ3v) is 4.08. The quantitative estimate of drug-likeness (QED) is 0.872. The summed E-state index contributed by atoms with van der Waals surface area (Å²) in [7, 11) is 0. The zero-order valence-corrected chi connectivity index (χ0v) is 10.8. The highest BCUT2D eigenvalue weighted by molar-refractivity contribution is 6.00. The van der Waals surface area contributed by atoms with E-state index in [1.54, 1.807) is 18.5 Å². The lowest BCUT2D eigenvalue weighted by Crippen LogP contribution is -2.46. The van der Waals surface area contributed by atoms with Crippen LogP contribution < -0.4 is 4.90 Å². The van der Waals surface area contributed by atoms with Crippen molar-refractivity contribution < 1.29 is 14.6 Å².